The third-order valence-corrected chi connectivity index (χ3v) is 3.92. The van der Waals surface area contributed by atoms with Crippen molar-refractivity contribution in [3.05, 3.63) is 17.8 Å². The van der Waals surface area contributed by atoms with E-state index in [1.165, 1.54) is 12.8 Å². The van der Waals surface area contributed by atoms with E-state index in [0.29, 0.717) is 12.1 Å². The molecule has 0 spiro atoms. The molecule has 20 heavy (non-hydrogen) atoms. The van der Waals surface area contributed by atoms with Gasteiger partial charge in [0, 0.05) is 31.7 Å². The summed E-state index contributed by atoms with van der Waals surface area (Å²) in [6.07, 6.45) is 2.40. The molecule has 5 nitrogen and oxygen atoms in total. The largest absolute Gasteiger partial charge is 0.355 e. The number of aromatic nitrogens is 2. The molecule has 2 rings (SSSR count). The van der Waals surface area contributed by atoms with Crippen LogP contribution in [0.25, 0.3) is 0 Å². The lowest BCUT2D eigenvalue weighted by Crippen LogP contribution is -2.42. The molecular formula is C15H27N5. The van der Waals surface area contributed by atoms with Crippen molar-refractivity contribution in [2.45, 2.75) is 45.3 Å². The molecule has 0 aromatic carbocycles. The van der Waals surface area contributed by atoms with E-state index in [4.69, 9.17) is 0 Å². The maximum absolute atomic E-state index is 4.37. The number of nitrogens with zero attached hydrogens (tertiary/aromatic N) is 4. The molecule has 0 saturated carbocycles. The zero-order chi connectivity index (χ0) is 14.5. The molecule has 0 aliphatic carbocycles. The van der Waals surface area contributed by atoms with Crippen LogP contribution in [0.4, 0.5) is 5.82 Å². The van der Waals surface area contributed by atoms with Gasteiger partial charge in [-0.1, -0.05) is 13.8 Å². The van der Waals surface area contributed by atoms with Gasteiger partial charge in [-0.05, 0) is 39.1 Å². The van der Waals surface area contributed by atoms with Crippen LogP contribution in [0.2, 0.25) is 0 Å². The normalized spacial score (nSPS) is 17.2. The van der Waals surface area contributed by atoms with Crippen molar-refractivity contribution in [2.24, 2.45) is 0 Å². The summed E-state index contributed by atoms with van der Waals surface area (Å²) >= 11 is 0. The minimum absolute atomic E-state index is 0.474. The van der Waals surface area contributed by atoms with Gasteiger partial charge >= 0.3 is 0 Å². The second kappa shape index (κ2) is 6.99. The highest BCUT2D eigenvalue weighted by Gasteiger charge is 2.21. The summed E-state index contributed by atoms with van der Waals surface area (Å²) in [5.41, 5.74) is 1.01. The molecule has 1 fully saturated rings. The van der Waals surface area contributed by atoms with Crippen LogP contribution in [0, 0.1) is 0 Å². The van der Waals surface area contributed by atoms with Gasteiger partial charge in [-0.15, -0.1) is 5.10 Å². The molecule has 5 heteroatoms. The smallest absolute Gasteiger partial charge is 0.151 e. The van der Waals surface area contributed by atoms with Crippen LogP contribution in [0.1, 0.15) is 32.4 Å². The van der Waals surface area contributed by atoms with Crippen molar-refractivity contribution in [1.82, 2.24) is 20.4 Å². The first-order chi connectivity index (χ1) is 9.56. The summed E-state index contributed by atoms with van der Waals surface area (Å²) in [5.74, 6) is 1.01. The van der Waals surface area contributed by atoms with Crippen LogP contribution in [-0.2, 0) is 6.54 Å². The van der Waals surface area contributed by atoms with Gasteiger partial charge in [-0.3, -0.25) is 0 Å². The molecule has 0 atom stereocenters. The molecule has 0 bridgehead atoms. The first kappa shape index (κ1) is 15.2. The zero-order valence-corrected chi connectivity index (χ0v) is 13.1. The molecule has 1 saturated heterocycles. The fourth-order valence-corrected chi connectivity index (χ4v) is 2.54. The Labute approximate surface area is 122 Å². The van der Waals surface area contributed by atoms with Gasteiger partial charge in [0.1, 0.15) is 0 Å². The minimum atomic E-state index is 0.474. The molecule has 0 radical (unpaired) electrons. The van der Waals surface area contributed by atoms with Crippen molar-refractivity contribution in [3.63, 3.8) is 0 Å². The predicted octanol–water partition coefficient (Wildman–Crippen LogP) is 1.50. The van der Waals surface area contributed by atoms with Gasteiger partial charge in [-0.25, -0.2) is 0 Å². The predicted molar refractivity (Wildman–Crippen MR) is 82.9 cm³/mol. The molecular weight excluding hydrogens is 250 g/mol. The molecule has 112 valence electrons. The summed E-state index contributed by atoms with van der Waals surface area (Å²) in [6.45, 7) is 7.20. The molecule has 1 aromatic rings. The van der Waals surface area contributed by atoms with Crippen LogP contribution >= 0.6 is 0 Å². The fraction of sp³-hybridized carbons (Fsp3) is 0.733. The van der Waals surface area contributed by atoms with Gasteiger partial charge in [-0.2, -0.15) is 5.10 Å². The van der Waals surface area contributed by atoms with E-state index in [9.17, 15) is 0 Å². The zero-order valence-electron chi connectivity index (χ0n) is 13.1. The number of rotatable bonds is 5. The van der Waals surface area contributed by atoms with Crippen LogP contribution < -0.4 is 10.2 Å². The number of nitrogens with one attached hydrogen (secondary N) is 1. The quantitative estimate of drug-likeness (QED) is 0.884. The van der Waals surface area contributed by atoms with Gasteiger partial charge in [0.15, 0.2) is 5.82 Å². The Bertz CT molecular complexity index is 393. The van der Waals surface area contributed by atoms with Gasteiger partial charge in [0.05, 0.1) is 5.69 Å². The monoisotopic (exact) mass is 277 g/mol. The van der Waals surface area contributed by atoms with E-state index in [-0.39, 0.29) is 0 Å². The van der Waals surface area contributed by atoms with Crippen molar-refractivity contribution in [2.75, 3.05) is 32.1 Å². The molecule has 1 aliphatic heterocycles. The fourth-order valence-electron chi connectivity index (χ4n) is 2.54. The highest BCUT2D eigenvalue weighted by Crippen LogP contribution is 2.19. The van der Waals surface area contributed by atoms with E-state index in [0.717, 1.165) is 31.1 Å². The van der Waals surface area contributed by atoms with Crippen molar-refractivity contribution >= 4 is 5.82 Å². The molecule has 2 heterocycles. The van der Waals surface area contributed by atoms with E-state index in [2.05, 4.69) is 65.4 Å². The molecule has 1 aliphatic rings. The van der Waals surface area contributed by atoms with Crippen LogP contribution in [0.3, 0.4) is 0 Å². The number of hydrogen-bond acceptors (Lipinski definition) is 5. The Morgan fingerprint density at radius 3 is 2.45 bits per heavy atom. The van der Waals surface area contributed by atoms with E-state index in [1.54, 1.807) is 0 Å². The van der Waals surface area contributed by atoms with Crippen LogP contribution in [-0.4, -0.2) is 54.4 Å². The highest BCUT2D eigenvalue weighted by molar-refractivity contribution is 5.37. The lowest BCUT2D eigenvalue weighted by Gasteiger charge is -2.35. The van der Waals surface area contributed by atoms with Gasteiger partial charge in [0.2, 0.25) is 0 Å². The Kier molecular flexibility index (Phi) is 5.31. The highest BCUT2D eigenvalue weighted by atomic mass is 15.3. The van der Waals surface area contributed by atoms with Crippen LogP contribution in [0.15, 0.2) is 12.1 Å². The lowest BCUT2D eigenvalue weighted by atomic mass is 10.0. The molecule has 1 N–H and O–H groups in total. The van der Waals surface area contributed by atoms with Crippen molar-refractivity contribution in [1.29, 1.82) is 0 Å². The average molecular weight is 277 g/mol. The maximum atomic E-state index is 4.37. The number of anilines is 1. The van der Waals surface area contributed by atoms with Gasteiger partial charge < -0.3 is 15.1 Å². The molecule has 1 aromatic heterocycles. The van der Waals surface area contributed by atoms with Crippen molar-refractivity contribution in [3.8, 4) is 0 Å². The second-order valence-corrected chi connectivity index (χ2v) is 6.10. The SMILES string of the molecule is CC(C)NCc1ccc(N2CCC(N(C)C)CC2)nn1. The molecule has 0 amide bonds. The first-order valence-electron chi connectivity index (χ1n) is 7.53. The van der Waals surface area contributed by atoms with E-state index >= 15 is 0 Å². The van der Waals surface area contributed by atoms with Gasteiger partial charge in [0.25, 0.3) is 0 Å². The Morgan fingerprint density at radius 1 is 1.25 bits per heavy atom. The minimum Gasteiger partial charge on any atom is -0.355 e. The second-order valence-electron chi connectivity index (χ2n) is 6.10. The third kappa shape index (κ3) is 4.15. The summed E-state index contributed by atoms with van der Waals surface area (Å²) in [6, 6.07) is 5.35. The standard InChI is InChI=1S/C15H27N5/c1-12(2)16-11-13-5-6-15(18-17-13)20-9-7-14(8-10-20)19(3)4/h5-6,12,14,16H,7-11H2,1-4H3. The Hall–Kier alpha value is -1.20. The topological polar surface area (TPSA) is 44.3 Å². The maximum Gasteiger partial charge on any atom is 0.151 e. The van der Waals surface area contributed by atoms with Crippen molar-refractivity contribution < 1.29 is 0 Å². The first-order valence-corrected chi connectivity index (χ1v) is 7.53. The van der Waals surface area contributed by atoms with E-state index in [1.807, 2.05) is 0 Å². The molecule has 0 unspecified atom stereocenters. The summed E-state index contributed by atoms with van der Waals surface area (Å²) in [5, 5.41) is 12.0. The average Bonchev–Trinajstić information content (AvgIpc) is 2.46. The van der Waals surface area contributed by atoms with E-state index < -0.39 is 0 Å². The Morgan fingerprint density at radius 2 is 1.95 bits per heavy atom. The summed E-state index contributed by atoms with van der Waals surface area (Å²) < 4.78 is 0. The number of piperidine rings is 1. The number of hydrogen-bond donors (Lipinski definition) is 1. The third-order valence-electron chi connectivity index (χ3n) is 3.92. The lowest BCUT2D eigenvalue weighted by molar-refractivity contribution is 0.249. The van der Waals surface area contributed by atoms with Crippen LogP contribution in [0.5, 0.6) is 0 Å². The summed E-state index contributed by atoms with van der Waals surface area (Å²) in [4.78, 5) is 4.66. The Balaban J connectivity index is 1.87. The summed E-state index contributed by atoms with van der Waals surface area (Å²) in [7, 11) is 4.33.